The zero-order chi connectivity index (χ0) is 12.9. The van der Waals surface area contributed by atoms with Gasteiger partial charge in [-0.25, -0.2) is 0 Å². The molecule has 4 heteroatoms. The highest BCUT2D eigenvalue weighted by atomic mass is 16.1. The lowest BCUT2D eigenvalue weighted by molar-refractivity contribution is 0.0408. The maximum absolute atomic E-state index is 12.2. The van der Waals surface area contributed by atoms with E-state index in [1.807, 2.05) is 10.6 Å². The molecule has 3 aliphatic heterocycles. The zero-order valence-electron chi connectivity index (χ0n) is 11.3. The fourth-order valence-corrected chi connectivity index (χ4v) is 4.30. The molecule has 0 unspecified atom stereocenters. The average Bonchev–Trinajstić information content (AvgIpc) is 2.95. The van der Waals surface area contributed by atoms with Crippen LogP contribution in [-0.2, 0) is 6.54 Å². The molecule has 0 aromatic carbocycles. The Morgan fingerprint density at radius 1 is 1.26 bits per heavy atom. The first-order valence-corrected chi connectivity index (χ1v) is 7.44. The minimum Gasteiger partial charge on any atom is -0.314 e. The predicted octanol–water partition coefficient (Wildman–Crippen LogP) is 0.773. The second-order valence-corrected chi connectivity index (χ2v) is 6.33. The second-order valence-electron chi connectivity index (χ2n) is 6.33. The summed E-state index contributed by atoms with van der Waals surface area (Å²) in [7, 11) is 0. The van der Waals surface area contributed by atoms with Crippen molar-refractivity contribution in [3.05, 3.63) is 34.2 Å². The number of pyridine rings is 1. The van der Waals surface area contributed by atoms with Crippen LogP contribution in [0.1, 0.15) is 30.9 Å². The number of hydrogen-bond acceptors (Lipinski definition) is 3. The maximum atomic E-state index is 12.2. The maximum Gasteiger partial charge on any atom is 0.250 e. The number of likely N-dealkylation sites (tertiary alicyclic amines) is 1. The summed E-state index contributed by atoms with van der Waals surface area (Å²) in [6, 6.07) is 5.74. The fraction of sp³-hybridized carbons (Fsp3) is 0.667. The number of nitrogens with one attached hydrogen (secondary N) is 1. The Bertz CT molecular complexity index is 547. The van der Waals surface area contributed by atoms with Gasteiger partial charge in [0.1, 0.15) is 0 Å². The molecular formula is C15H21N3O. The molecule has 4 nitrogen and oxygen atoms in total. The van der Waals surface area contributed by atoms with Crippen LogP contribution in [0.25, 0.3) is 0 Å². The summed E-state index contributed by atoms with van der Waals surface area (Å²) >= 11 is 0. The number of fused-ring (bicyclic) bond motifs is 4. The van der Waals surface area contributed by atoms with Gasteiger partial charge < -0.3 is 9.88 Å². The summed E-state index contributed by atoms with van der Waals surface area (Å²) in [4.78, 5) is 14.8. The predicted molar refractivity (Wildman–Crippen MR) is 74.5 cm³/mol. The largest absolute Gasteiger partial charge is 0.314 e. The van der Waals surface area contributed by atoms with Crippen molar-refractivity contribution in [1.82, 2.24) is 14.8 Å². The van der Waals surface area contributed by atoms with Crippen molar-refractivity contribution in [2.24, 2.45) is 0 Å². The number of rotatable bonds is 1. The topological polar surface area (TPSA) is 37.3 Å². The highest BCUT2D eigenvalue weighted by Crippen LogP contribution is 2.39. The third-order valence-corrected chi connectivity index (χ3v) is 5.20. The van der Waals surface area contributed by atoms with E-state index in [4.69, 9.17) is 0 Å². The lowest BCUT2D eigenvalue weighted by atomic mass is 9.77. The first-order valence-electron chi connectivity index (χ1n) is 7.44. The van der Waals surface area contributed by atoms with Gasteiger partial charge in [-0.3, -0.25) is 9.69 Å². The summed E-state index contributed by atoms with van der Waals surface area (Å²) in [5.74, 6) is 0.497. The summed E-state index contributed by atoms with van der Waals surface area (Å²) in [6.07, 6.45) is 3.83. The summed E-state index contributed by atoms with van der Waals surface area (Å²) < 4.78 is 2.04. The Morgan fingerprint density at radius 3 is 2.95 bits per heavy atom. The van der Waals surface area contributed by atoms with Gasteiger partial charge in [0, 0.05) is 37.3 Å². The van der Waals surface area contributed by atoms with E-state index < -0.39 is 0 Å². The lowest BCUT2D eigenvalue weighted by Gasteiger charge is -2.51. The summed E-state index contributed by atoms with van der Waals surface area (Å²) in [5, 5.41) is 3.61. The highest BCUT2D eigenvalue weighted by Gasteiger charge is 2.46. The van der Waals surface area contributed by atoms with E-state index in [1.165, 1.54) is 38.0 Å². The SMILES string of the molecule is O=c1cccc2n1C[C@]1(N3CCCC3)CNC[C@H]2C1. The molecule has 102 valence electrons. The van der Waals surface area contributed by atoms with Gasteiger partial charge in [0.05, 0.1) is 5.54 Å². The zero-order valence-corrected chi connectivity index (χ0v) is 11.3. The second kappa shape index (κ2) is 4.18. The Labute approximate surface area is 113 Å². The van der Waals surface area contributed by atoms with E-state index in [9.17, 15) is 4.79 Å². The molecule has 2 saturated heterocycles. The molecule has 1 aromatic heterocycles. The van der Waals surface area contributed by atoms with Crippen molar-refractivity contribution < 1.29 is 0 Å². The Balaban J connectivity index is 1.80. The van der Waals surface area contributed by atoms with Crippen LogP contribution in [0.3, 0.4) is 0 Å². The molecule has 2 atom stereocenters. The Morgan fingerprint density at radius 2 is 2.11 bits per heavy atom. The molecule has 2 fully saturated rings. The van der Waals surface area contributed by atoms with E-state index in [0.717, 1.165) is 19.6 Å². The average molecular weight is 259 g/mol. The van der Waals surface area contributed by atoms with Crippen LogP contribution in [0, 0.1) is 0 Å². The minimum absolute atomic E-state index is 0.174. The number of aromatic nitrogens is 1. The van der Waals surface area contributed by atoms with Crippen LogP contribution in [0.2, 0.25) is 0 Å². The molecule has 4 heterocycles. The monoisotopic (exact) mass is 259 g/mol. The number of nitrogens with zero attached hydrogens (tertiary/aromatic N) is 2. The van der Waals surface area contributed by atoms with E-state index >= 15 is 0 Å². The van der Waals surface area contributed by atoms with E-state index in [0.29, 0.717) is 5.92 Å². The van der Waals surface area contributed by atoms with Gasteiger partial charge in [0.25, 0.3) is 5.56 Å². The van der Waals surface area contributed by atoms with Crippen molar-refractivity contribution in [2.75, 3.05) is 26.2 Å². The molecule has 1 N–H and O–H groups in total. The first-order chi connectivity index (χ1) is 9.28. The summed E-state index contributed by atoms with van der Waals surface area (Å²) in [6.45, 7) is 5.31. The Hall–Kier alpha value is -1.13. The van der Waals surface area contributed by atoms with Crippen LogP contribution in [0.15, 0.2) is 23.0 Å². The third kappa shape index (κ3) is 1.70. The van der Waals surface area contributed by atoms with Crippen LogP contribution in [0.4, 0.5) is 0 Å². The molecule has 0 spiro atoms. The third-order valence-electron chi connectivity index (χ3n) is 5.20. The van der Waals surface area contributed by atoms with E-state index in [-0.39, 0.29) is 11.1 Å². The molecule has 2 bridgehead atoms. The van der Waals surface area contributed by atoms with E-state index in [1.54, 1.807) is 6.07 Å². The van der Waals surface area contributed by atoms with Gasteiger partial charge in [0.2, 0.25) is 0 Å². The summed E-state index contributed by atoms with van der Waals surface area (Å²) in [5.41, 5.74) is 1.58. The van der Waals surface area contributed by atoms with E-state index in [2.05, 4.69) is 16.3 Å². The molecule has 0 radical (unpaired) electrons. The van der Waals surface area contributed by atoms with Crippen molar-refractivity contribution >= 4 is 0 Å². The van der Waals surface area contributed by atoms with Gasteiger partial charge in [-0.1, -0.05) is 6.07 Å². The van der Waals surface area contributed by atoms with Gasteiger partial charge in [-0.05, 0) is 38.4 Å². The Kier molecular flexibility index (Phi) is 2.57. The molecule has 0 saturated carbocycles. The molecule has 19 heavy (non-hydrogen) atoms. The van der Waals surface area contributed by atoms with Crippen LogP contribution in [-0.4, -0.2) is 41.2 Å². The number of hydrogen-bond donors (Lipinski definition) is 1. The smallest absolute Gasteiger partial charge is 0.250 e. The first kappa shape index (κ1) is 11.7. The number of piperidine rings is 1. The molecule has 0 amide bonds. The normalized spacial score (nSPS) is 34.2. The molecule has 1 aromatic rings. The lowest BCUT2D eigenvalue weighted by Crippen LogP contribution is -2.64. The van der Waals surface area contributed by atoms with Crippen LogP contribution < -0.4 is 10.9 Å². The van der Waals surface area contributed by atoms with Gasteiger partial charge in [0.15, 0.2) is 0 Å². The fourth-order valence-electron chi connectivity index (χ4n) is 4.30. The van der Waals surface area contributed by atoms with Crippen molar-refractivity contribution in [3.8, 4) is 0 Å². The van der Waals surface area contributed by atoms with Crippen molar-refractivity contribution in [1.29, 1.82) is 0 Å². The molecular weight excluding hydrogens is 238 g/mol. The van der Waals surface area contributed by atoms with Gasteiger partial charge in [-0.2, -0.15) is 0 Å². The van der Waals surface area contributed by atoms with Crippen molar-refractivity contribution in [2.45, 2.75) is 37.3 Å². The van der Waals surface area contributed by atoms with Crippen LogP contribution >= 0.6 is 0 Å². The standard InChI is InChI=1S/C15H21N3O/c19-14-5-3-4-13-12-8-15(10-16-9-12,11-18(13)14)17-6-1-2-7-17/h3-5,12,16H,1-2,6-11H2/t12-,15-/m1/s1. The van der Waals surface area contributed by atoms with Gasteiger partial charge in [-0.15, -0.1) is 0 Å². The van der Waals surface area contributed by atoms with Gasteiger partial charge >= 0.3 is 0 Å². The highest BCUT2D eigenvalue weighted by molar-refractivity contribution is 5.21. The molecule has 3 aliphatic rings. The molecule has 4 rings (SSSR count). The molecule has 0 aliphatic carbocycles. The van der Waals surface area contributed by atoms with Crippen LogP contribution in [0.5, 0.6) is 0 Å². The minimum atomic E-state index is 0.174. The van der Waals surface area contributed by atoms with Crippen molar-refractivity contribution in [3.63, 3.8) is 0 Å². The quantitative estimate of drug-likeness (QED) is 0.809.